The van der Waals surface area contributed by atoms with E-state index in [1.54, 1.807) is 0 Å². The fraction of sp³-hybridized carbons (Fsp3) is 0.636. The second-order valence-corrected chi connectivity index (χ2v) is 3.05. The summed E-state index contributed by atoms with van der Waals surface area (Å²) in [6, 6.07) is 0. The summed E-state index contributed by atoms with van der Waals surface area (Å²) < 4.78 is 0. The molecular weight excluding hydrogens is 196 g/mol. The molecule has 0 amide bonds. The molecule has 0 aromatic carbocycles. The first-order valence-electron chi connectivity index (χ1n) is 5.09. The largest absolute Gasteiger partial charge is 0.481 e. The topological polar surface area (TPSA) is 74.6 Å². The Morgan fingerprint density at radius 3 is 1.60 bits per heavy atom. The summed E-state index contributed by atoms with van der Waals surface area (Å²) in [5.41, 5.74) is 0. The van der Waals surface area contributed by atoms with E-state index in [1.165, 1.54) is 0 Å². The van der Waals surface area contributed by atoms with Gasteiger partial charge in [-0.1, -0.05) is 19.4 Å². The number of aliphatic carboxylic acids is 2. The maximum absolute atomic E-state index is 9.98. The van der Waals surface area contributed by atoms with Crippen LogP contribution in [0.2, 0.25) is 0 Å². The highest BCUT2D eigenvalue weighted by atomic mass is 16.4. The van der Waals surface area contributed by atoms with Crippen molar-refractivity contribution in [3.8, 4) is 0 Å². The van der Waals surface area contributed by atoms with Gasteiger partial charge in [0.15, 0.2) is 0 Å². The average Bonchev–Trinajstić information content (AvgIpc) is 2.17. The van der Waals surface area contributed by atoms with E-state index in [0.717, 1.165) is 6.42 Å². The van der Waals surface area contributed by atoms with E-state index in [9.17, 15) is 9.59 Å². The molecule has 0 spiro atoms. The van der Waals surface area contributed by atoms with Crippen molar-refractivity contribution in [2.24, 2.45) is 0 Å². The zero-order valence-electron chi connectivity index (χ0n) is 9.24. The summed E-state index contributed by atoms with van der Waals surface area (Å²) in [6.45, 7) is 5.54. The predicted molar refractivity (Wildman–Crippen MR) is 58.8 cm³/mol. The van der Waals surface area contributed by atoms with Crippen molar-refractivity contribution < 1.29 is 19.8 Å². The van der Waals surface area contributed by atoms with Gasteiger partial charge in [0.1, 0.15) is 0 Å². The minimum absolute atomic E-state index is 0.139. The number of allylic oxidation sites excluding steroid dienone is 1. The Hall–Kier alpha value is -1.32. The summed E-state index contributed by atoms with van der Waals surface area (Å²) in [6.07, 6.45) is 5.06. The highest BCUT2D eigenvalue weighted by Crippen LogP contribution is 2.02. The summed E-state index contributed by atoms with van der Waals surface area (Å²) in [5, 5.41) is 16.4. The van der Waals surface area contributed by atoms with E-state index < -0.39 is 11.9 Å². The first-order chi connectivity index (χ1) is 7.04. The standard InChI is InChI=1S/C7H12O4.C4H8/c8-6(9)4-2-1-3-5-7(10)11;1-3-4-2/h1-5H2,(H,8,9)(H,10,11);3H,1,4H2,2H3. The molecule has 0 saturated carbocycles. The molecule has 0 heterocycles. The number of carboxylic acid groups (broad SMARTS) is 2. The van der Waals surface area contributed by atoms with Gasteiger partial charge in [-0.25, -0.2) is 0 Å². The van der Waals surface area contributed by atoms with Crippen molar-refractivity contribution >= 4 is 11.9 Å². The third kappa shape index (κ3) is 24.5. The number of carboxylic acids is 2. The molecule has 0 bridgehead atoms. The van der Waals surface area contributed by atoms with Crippen molar-refractivity contribution in [1.82, 2.24) is 0 Å². The Kier molecular flexibility index (Phi) is 13.6. The highest BCUT2D eigenvalue weighted by molar-refractivity contribution is 5.67. The Labute approximate surface area is 90.6 Å². The number of hydrogen-bond acceptors (Lipinski definition) is 2. The van der Waals surface area contributed by atoms with Crippen LogP contribution in [0.25, 0.3) is 0 Å². The van der Waals surface area contributed by atoms with Crippen LogP contribution in [0, 0.1) is 0 Å². The smallest absolute Gasteiger partial charge is 0.303 e. The molecule has 0 rings (SSSR count). The summed E-state index contributed by atoms with van der Waals surface area (Å²) in [7, 11) is 0. The minimum Gasteiger partial charge on any atom is -0.481 e. The van der Waals surface area contributed by atoms with E-state index in [1.807, 2.05) is 6.08 Å². The lowest BCUT2D eigenvalue weighted by Gasteiger charge is -1.94. The van der Waals surface area contributed by atoms with Crippen molar-refractivity contribution in [2.45, 2.75) is 45.4 Å². The third-order valence-electron chi connectivity index (χ3n) is 1.57. The first kappa shape index (κ1) is 16.1. The maximum atomic E-state index is 9.98. The average molecular weight is 216 g/mol. The van der Waals surface area contributed by atoms with Crippen LogP contribution in [0.1, 0.15) is 45.4 Å². The van der Waals surface area contributed by atoms with Crippen molar-refractivity contribution in [3.63, 3.8) is 0 Å². The highest BCUT2D eigenvalue weighted by Gasteiger charge is 1.98. The molecular formula is C11H20O4. The second-order valence-electron chi connectivity index (χ2n) is 3.05. The molecule has 0 saturated heterocycles. The van der Waals surface area contributed by atoms with Crippen LogP contribution >= 0.6 is 0 Å². The van der Waals surface area contributed by atoms with E-state index in [4.69, 9.17) is 10.2 Å². The molecule has 0 aromatic heterocycles. The van der Waals surface area contributed by atoms with Gasteiger partial charge in [-0.2, -0.15) is 0 Å². The summed E-state index contributed by atoms with van der Waals surface area (Å²) in [4.78, 5) is 20.0. The maximum Gasteiger partial charge on any atom is 0.303 e. The normalized spacial score (nSPS) is 8.60. The van der Waals surface area contributed by atoms with Crippen molar-refractivity contribution in [1.29, 1.82) is 0 Å². The van der Waals surface area contributed by atoms with Crippen LogP contribution in [0.15, 0.2) is 12.7 Å². The fourth-order valence-electron chi connectivity index (χ4n) is 0.729. The summed E-state index contributed by atoms with van der Waals surface area (Å²) >= 11 is 0. The minimum atomic E-state index is -0.819. The molecule has 15 heavy (non-hydrogen) atoms. The van der Waals surface area contributed by atoms with Gasteiger partial charge in [0.25, 0.3) is 0 Å². The predicted octanol–water partition coefficient (Wildman–Crippen LogP) is 2.69. The Balaban J connectivity index is 0. The van der Waals surface area contributed by atoms with Gasteiger partial charge in [0, 0.05) is 12.8 Å². The van der Waals surface area contributed by atoms with E-state index in [2.05, 4.69) is 13.5 Å². The van der Waals surface area contributed by atoms with Gasteiger partial charge in [0.05, 0.1) is 0 Å². The van der Waals surface area contributed by atoms with Crippen molar-refractivity contribution in [2.75, 3.05) is 0 Å². The molecule has 0 aliphatic heterocycles. The Morgan fingerprint density at radius 1 is 1.07 bits per heavy atom. The number of hydrogen-bond donors (Lipinski definition) is 2. The lowest BCUT2D eigenvalue weighted by molar-refractivity contribution is -0.137. The third-order valence-corrected chi connectivity index (χ3v) is 1.57. The second kappa shape index (κ2) is 12.7. The van der Waals surface area contributed by atoms with Crippen LogP contribution in [-0.2, 0) is 9.59 Å². The fourth-order valence-corrected chi connectivity index (χ4v) is 0.729. The quantitative estimate of drug-likeness (QED) is 0.507. The van der Waals surface area contributed by atoms with Gasteiger partial charge in [-0.3, -0.25) is 9.59 Å². The zero-order chi connectivity index (χ0) is 12.1. The summed E-state index contributed by atoms with van der Waals surface area (Å²) in [5.74, 6) is -1.64. The molecule has 0 atom stereocenters. The van der Waals surface area contributed by atoms with Gasteiger partial charge in [0.2, 0.25) is 0 Å². The molecule has 0 radical (unpaired) electrons. The zero-order valence-corrected chi connectivity index (χ0v) is 9.24. The van der Waals surface area contributed by atoms with E-state index in [-0.39, 0.29) is 12.8 Å². The number of unbranched alkanes of at least 4 members (excludes halogenated alkanes) is 2. The molecule has 2 N–H and O–H groups in total. The molecule has 0 aliphatic carbocycles. The molecule has 0 aliphatic rings. The number of rotatable bonds is 7. The van der Waals surface area contributed by atoms with Gasteiger partial charge in [-0.05, 0) is 19.3 Å². The first-order valence-corrected chi connectivity index (χ1v) is 5.09. The Bertz CT molecular complexity index is 171. The lowest BCUT2D eigenvalue weighted by Crippen LogP contribution is -1.96. The molecule has 4 heteroatoms. The lowest BCUT2D eigenvalue weighted by atomic mass is 10.1. The SMILES string of the molecule is C=CCC.O=C(O)CCCCCC(=O)O. The van der Waals surface area contributed by atoms with E-state index >= 15 is 0 Å². The van der Waals surface area contributed by atoms with Crippen LogP contribution in [0.5, 0.6) is 0 Å². The van der Waals surface area contributed by atoms with E-state index in [0.29, 0.717) is 19.3 Å². The molecule has 0 fully saturated rings. The molecule has 4 nitrogen and oxygen atoms in total. The van der Waals surface area contributed by atoms with Crippen LogP contribution < -0.4 is 0 Å². The monoisotopic (exact) mass is 216 g/mol. The molecule has 0 aromatic rings. The van der Waals surface area contributed by atoms with Crippen molar-refractivity contribution in [3.05, 3.63) is 12.7 Å². The van der Waals surface area contributed by atoms with Crippen LogP contribution in [-0.4, -0.2) is 22.2 Å². The van der Waals surface area contributed by atoms with Gasteiger partial charge >= 0.3 is 11.9 Å². The molecule has 88 valence electrons. The number of carbonyl (C=O) groups is 2. The van der Waals surface area contributed by atoms with Gasteiger partial charge in [-0.15, -0.1) is 6.58 Å². The van der Waals surface area contributed by atoms with Gasteiger partial charge < -0.3 is 10.2 Å². The molecule has 0 unspecified atom stereocenters. The van der Waals surface area contributed by atoms with Crippen LogP contribution in [0.4, 0.5) is 0 Å². The Morgan fingerprint density at radius 2 is 1.40 bits per heavy atom. The van der Waals surface area contributed by atoms with Crippen LogP contribution in [0.3, 0.4) is 0 Å².